The van der Waals surface area contributed by atoms with Gasteiger partial charge >= 0.3 is 0 Å². The summed E-state index contributed by atoms with van der Waals surface area (Å²) in [5.41, 5.74) is 1.06. The van der Waals surface area contributed by atoms with E-state index in [9.17, 15) is 0 Å². The van der Waals surface area contributed by atoms with E-state index in [1.54, 1.807) is 0 Å². The first-order chi connectivity index (χ1) is 4.74. The summed E-state index contributed by atoms with van der Waals surface area (Å²) < 4.78 is 1.92. The molecule has 3 nitrogen and oxygen atoms in total. The Morgan fingerprint density at radius 3 is 2.60 bits per heavy atom. The summed E-state index contributed by atoms with van der Waals surface area (Å²) in [5, 5.41) is 7.16. The monoisotopic (exact) mass is 139 g/mol. The highest BCUT2D eigenvalue weighted by Gasteiger charge is 1.97. The maximum atomic E-state index is 4.14. The van der Waals surface area contributed by atoms with Crippen LogP contribution in [-0.4, -0.2) is 16.8 Å². The zero-order valence-corrected chi connectivity index (χ0v) is 6.63. The smallest absolute Gasteiger partial charge is 0.0724 e. The Hall–Kier alpha value is -0.990. The summed E-state index contributed by atoms with van der Waals surface area (Å²) >= 11 is 0. The van der Waals surface area contributed by atoms with Crippen LogP contribution in [0.1, 0.15) is 19.9 Å². The summed E-state index contributed by atoms with van der Waals surface area (Å²) in [6.07, 6.45) is 3.81. The van der Waals surface area contributed by atoms with Crippen molar-refractivity contribution in [2.24, 2.45) is 0 Å². The third kappa shape index (κ3) is 1.29. The van der Waals surface area contributed by atoms with Gasteiger partial charge in [0.25, 0.3) is 0 Å². The highest BCUT2D eigenvalue weighted by Crippen LogP contribution is 2.07. The number of nitrogens with zero attached hydrogens (tertiary/aromatic N) is 2. The lowest BCUT2D eigenvalue weighted by Gasteiger charge is -2.02. The van der Waals surface area contributed by atoms with E-state index in [0.717, 1.165) is 5.69 Å². The summed E-state index contributed by atoms with van der Waals surface area (Å²) in [5.74, 6) is 0. The molecule has 0 fully saturated rings. The van der Waals surface area contributed by atoms with Crippen LogP contribution in [0.3, 0.4) is 0 Å². The molecule has 0 aliphatic rings. The fraction of sp³-hybridized carbons (Fsp3) is 0.571. The van der Waals surface area contributed by atoms with E-state index in [4.69, 9.17) is 0 Å². The molecule has 10 heavy (non-hydrogen) atoms. The highest BCUT2D eigenvalue weighted by atomic mass is 15.3. The first-order valence-corrected chi connectivity index (χ1v) is 3.46. The van der Waals surface area contributed by atoms with Gasteiger partial charge in [-0.2, -0.15) is 5.10 Å². The van der Waals surface area contributed by atoms with E-state index in [1.807, 2.05) is 24.1 Å². The van der Waals surface area contributed by atoms with Gasteiger partial charge < -0.3 is 5.32 Å². The molecule has 3 heteroatoms. The van der Waals surface area contributed by atoms with Crippen LogP contribution in [-0.2, 0) is 0 Å². The first kappa shape index (κ1) is 7.12. The molecule has 1 N–H and O–H groups in total. The number of aromatic nitrogens is 2. The lowest BCUT2D eigenvalue weighted by atomic mass is 10.4. The van der Waals surface area contributed by atoms with Gasteiger partial charge in [-0.3, -0.25) is 4.68 Å². The van der Waals surface area contributed by atoms with E-state index in [1.165, 1.54) is 0 Å². The zero-order valence-electron chi connectivity index (χ0n) is 6.63. The molecule has 0 amide bonds. The molecule has 0 aliphatic heterocycles. The van der Waals surface area contributed by atoms with E-state index in [0.29, 0.717) is 6.04 Å². The van der Waals surface area contributed by atoms with E-state index in [2.05, 4.69) is 24.3 Å². The van der Waals surface area contributed by atoms with Crippen molar-refractivity contribution in [3.05, 3.63) is 12.4 Å². The van der Waals surface area contributed by atoms with Gasteiger partial charge in [0, 0.05) is 19.3 Å². The molecular formula is C7H13N3. The Labute approximate surface area is 61.0 Å². The van der Waals surface area contributed by atoms with E-state index >= 15 is 0 Å². The lowest BCUT2D eigenvalue weighted by molar-refractivity contribution is 0.532. The van der Waals surface area contributed by atoms with Crippen LogP contribution in [0.2, 0.25) is 0 Å². The van der Waals surface area contributed by atoms with Crippen molar-refractivity contribution in [1.29, 1.82) is 0 Å². The molecule has 0 aromatic carbocycles. The van der Waals surface area contributed by atoms with Gasteiger partial charge in [-0.05, 0) is 13.8 Å². The van der Waals surface area contributed by atoms with Crippen LogP contribution < -0.4 is 5.32 Å². The standard InChI is InChI=1S/C7H13N3/c1-6(2)10-5-7(8-3)4-9-10/h4-6,8H,1-3H3. The van der Waals surface area contributed by atoms with E-state index in [-0.39, 0.29) is 0 Å². The van der Waals surface area contributed by atoms with Crippen molar-refractivity contribution >= 4 is 5.69 Å². The second-order valence-electron chi connectivity index (χ2n) is 2.55. The second-order valence-corrected chi connectivity index (χ2v) is 2.55. The third-order valence-electron chi connectivity index (χ3n) is 1.42. The molecule has 1 heterocycles. The molecule has 0 aliphatic carbocycles. The van der Waals surface area contributed by atoms with Gasteiger partial charge in [0.2, 0.25) is 0 Å². The number of nitrogens with one attached hydrogen (secondary N) is 1. The van der Waals surface area contributed by atoms with Gasteiger partial charge in [-0.25, -0.2) is 0 Å². The van der Waals surface area contributed by atoms with Gasteiger partial charge in [0.1, 0.15) is 0 Å². The van der Waals surface area contributed by atoms with Crippen molar-refractivity contribution in [3.63, 3.8) is 0 Å². The Morgan fingerprint density at radius 2 is 2.30 bits per heavy atom. The van der Waals surface area contributed by atoms with Gasteiger partial charge in [-0.15, -0.1) is 0 Å². The number of hydrogen-bond donors (Lipinski definition) is 1. The minimum Gasteiger partial charge on any atom is -0.386 e. The first-order valence-electron chi connectivity index (χ1n) is 3.46. The van der Waals surface area contributed by atoms with Gasteiger partial charge in [0.15, 0.2) is 0 Å². The third-order valence-corrected chi connectivity index (χ3v) is 1.42. The number of anilines is 1. The molecule has 0 spiro atoms. The Morgan fingerprint density at radius 1 is 1.60 bits per heavy atom. The number of rotatable bonds is 2. The second kappa shape index (κ2) is 2.73. The maximum absolute atomic E-state index is 4.14. The molecule has 0 saturated carbocycles. The zero-order chi connectivity index (χ0) is 7.56. The van der Waals surface area contributed by atoms with Crippen LogP contribution in [0.5, 0.6) is 0 Å². The fourth-order valence-electron chi connectivity index (χ4n) is 0.750. The van der Waals surface area contributed by atoms with Crippen LogP contribution in [0.15, 0.2) is 12.4 Å². The molecule has 0 unspecified atom stereocenters. The molecule has 56 valence electrons. The Kier molecular flexibility index (Phi) is 1.94. The number of hydrogen-bond acceptors (Lipinski definition) is 2. The van der Waals surface area contributed by atoms with Gasteiger partial charge in [0.05, 0.1) is 11.9 Å². The SMILES string of the molecule is CNc1cnn(C(C)C)c1. The molecule has 0 atom stereocenters. The van der Waals surface area contributed by atoms with Crippen molar-refractivity contribution in [2.75, 3.05) is 12.4 Å². The minimum atomic E-state index is 0.446. The molecular weight excluding hydrogens is 126 g/mol. The molecule has 0 radical (unpaired) electrons. The summed E-state index contributed by atoms with van der Waals surface area (Å²) in [6.45, 7) is 4.21. The average molecular weight is 139 g/mol. The largest absolute Gasteiger partial charge is 0.386 e. The summed E-state index contributed by atoms with van der Waals surface area (Å²) in [4.78, 5) is 0. The maximum Gasteiger partial charge on any atom is 0.0724 e. The molecule has 1 rings (SSSR count). The summed E-state index contributed by atoms with van der Waals surface area (Å²) in [7, 11) is 1.89. The molecule has 0 bridgehead atoms. The predicted molar refractivity (Wildman–Crippen MR) is 42.2 cm³/mol. The lowest BCUT2D eigenvalue weighted by Crippen LogP contribution is -1.99. The highest BCUT2D eigenvalue weighted by molar-refractivity contribution is 5.36. The van der Waals surface area contributed by atoms with Crippen LogP contribution >= 0.6 is 0 Å². The van der Waals surface area contributed by atoms with Crippen molar-refractivity contribution < 1.29 is 0 Å². The van der Waals surface area contributed by atoms with Gasteiger partial charge in [-0.1, -0.05) is 0 Å². The van der Waals surface area contributed by atoms with Crippen molar-refractivity contribution in [1.82, 2.24) is 9.78 Å². The minimum absolute atomic E-state index is 0.446. The van der Waals surface area contributed by atoms with Crippen LogP contribution in [0, 0.1) is 0 Å². The predicted octanol–water partition coefficient (Wildman–Crippen LogP) is 1.51. The van der Waals surface area contributed by atoms with Crippen LogP contribution in [0.25, 0.3) is 0 Å². The quantitative estimate of drug-likeness (QED) is 0.673. The average Bonchev–Trinajstić information content (AvgIpc) is 2.34. The van der Waals surface area contributed by atoms with Crippen molar-refractivity contribution in [3.8, 4) is 0 Å². The Balaban J connectivity index is 2.78. The normalized spacial score (nSPS) is 10.4. The van der Waals surface area contributed by atoms with Crippen molar-refractivity contribution in [2.45, 2.75) is 19.9 Å². The van der Waals surface area contributed by atoms with Crippen LogP contribution in [0.4, 0.5) is 5.69 Å². The summed E-state index contributed by atoms with van der Waals surface area (Å²) in [6, 6.07) is 0.446. The fourth-order valence-corrected chi connectivity index (χ4v) is 0.750. The topological polar surface area (TPSA) is 29.9 Å². The molecule has 0 saturated heterocycles. The van der Waals surface area contributed by atoms with E-state index < -0.39 is 0 Å². The molecule has 1 aromatic heterocycles. The Bertz CT molecular complexity index is 202. The molecule has 1 aromatic rings.